The van der Waals surface area contributed by atoms with Crippen LogP contribution in [0.5, 0.6) is 5.75 Å². The highest BCUT2D eigenvalue weighted by molar-refractivity contribution is 5.72. The van der Waals surface area contributed by atoms with Crippen LogP contribution in [0.25, 0.3) is 16.9 Å². The van der Waals surface area contributed by atoms with Crippen molar-refractivity contribution < 1.29 is 9.26 Å². The molecule has 0 radical (unpaired) electrons. The van der Waals surface area contributed by atoms with E-state index in [4.69, 9.17) is 9.26 Å². The zero-order valence-corrected chi connectivity index (χ0v) is 16.1. The van der Waals surface area contributed by atoms with Gasteiger partial charge < -0.3 is 14.6 Å². The Balaban J connectivity index is 1.36. The van der Waals surface area contributed by atoms with Crippen LogP contribution in [-0.2, 0) is 0 Å². The Morgan fingerprint density at radius 1 is 1.17 bits per heavy atom. The van der Waals surface area contributed by atoms with Crippen LogP contribution < -0.4 is 10.1 Å². The van der Waals surface area contributed by atoms with E-state index in [0.29, 0.717) is 28.9 Å². The maximum Gasteiger partial charge on any atom is 0.225 e. The summed E-state index contributed by atoms with van der Waals surface area (Å²) in [5.74, 6) is 3.02. The Bertz CT molecular complexity index is 1140. The molecule has 2 unspecified atom stereocenters. The second-order valence-electron chi connectivity index (χ2n) is 7.12. The van der Waals surface area contributed by atoms with Crippen molar-refractivity contribution in [3.05, 3.63) is 42.2 Å². The van der Waals surface area contributed by atoms with E-state index in [-0.39, 0.29) is 6.04 Å². The van der Waals surface area contributed by atoms with Crippen molar-refractivity contribution in [2.45, 2.75) is 38.1 Å². The lowest BCUT2D eigenvalue weighted by Gasteiger charge is -2.12. The van der Waals surface area contributed by atoms with Gasteiger partial charge in [-0.25, -0.2) is 4.98 Å². The van der Waals surface area contributed by atoms with Gasteiger partial charge in [0.2, 0.25) is 11.8 Å². The third-order valence-electron chi connectivity index (χ3n) is 5.18. The van der Waals surface area contributed by atoms with Crippen molar-refractivity contribution in [1.29, 1.82) is 0 Å². The fourth-order valence-electron chi connectivity index (χ4n) is 3.71. The molecule has 0 aliphatic heterocycles. The molecular formula is C19H20N8O2. The molecule has 1 aliphatic carbocycles. The highest BCUT2D eigenvalue weighted by Gasteiger charge is 2.29. The standard InChI is InChI=1S/C19H20N8O2/c1-11-21-17(25-29-11)12-3-4-13(9-12)22-19-20-10-16-18(23-19)27(26-24-16)14-5-7-15(28-2)8-6-14/h5-8,10,12-13H,3-4,9H2,1-2H3,(H,20,22,23). The molecule has 0 saturated heterocycles. The van der Waals surface area contributed by atoms with Crippen LogP contribution in [0.3, 0.4) is 0 Å². The Morgan fingerprint density at radius 2 is 2.03 bits per heavy atom. The summed E-state index contributed by atoms with van der Waals surface area (Å²) in [5.41, 5.74) is 2.14. The largest absolute Gasteiger partial charge is 0.497 e. The van der Waals surface area contributed by atoms with E-state index < -0.39 is 0 Å². The van der Waals surface area contributed by atoms with Crippen molar-refractivity contribution in [3.8, 4) is 11.4 Å². The molecule has 1 saturated carbocycles. The predicted molar refractivity (Wildman–Crippen MR) is 104 cm³/mol. The molecule has 148 valence electrons. The number of rotatable bonds is 5. The van der Waals surface area contributed by atoms with Crippen LogP contribution in [-0.4, -0.2) is 48.3 Å². The Kier molecular flexibility index (Phi) is 4.30. The van der Waals surface area contributed by atoms with Crippen molar-refractivity contribution in [2.75, 3.05) is 12.4 Å². The number of methoxy groups -OCH3 is 1. The monoisotopic (exact) mass is 392 g/mol. The van der Waals surface area contributed by atoms with Crippen molar-refractivity contribution >= 4 is 17.1 Å². The minimum Gasteiger partial charge on any atom is -0.497 e. The first-order chi connectivity index (χ1) is 14.2. The lowest BCUT2D eigenvalue weighted by molar-refractivity contribution is 0.383. The maximum atomic E-state index is 5.21. The number of benzene rings is 1. The van der Waals surface area contributed by atoms with Gasteiger partial charge in [0.05, 0.1) is 19.0 Å². The molecule has 0 spiro atoms. The molecule has 29 heavy (non-hydrogen) atoms. The average Bonchev–Trinajstić information content (AvgIpc) is 3.47. The zero-order valence-electron chi connectivity index (χ0n) is 16.1. The molecule has 10 heteroatoms. The van der Waals surface area contributed by atoms with Crippen LogP contribution in [0.4, 0.5) is 5.95 Å². The first-order valence-corrected chi connectivity index (χ1v) is 9.49. The minimum atomic E-state index is 0.251. The van der Waals surface area contributed by atoms with Gasteiger partial charge in [-0.3, -0.25) is 0 Å². The summed E-state index contributed by atoms with van der Waals surface area (Å²) in [6.45, 7) is 1.81. The second-order valence-corrected chi connectivity index (χ2v) is 7.12. The van der Waals surface area contributed by atoms with E-state index in [0.717, 1.165) is 36.5 Å². The Morgan fingerprint density at radius 3 is 2.79 bits per heavy atom. The summed E-state index contributed by atoms with van der Waals surface area (Å²) in [6.07, 6.45) is 4.60. The van der Waals surface area contributed by atoms with Gasteiger partial charge in [0.1, 0.15) is 5.75 Å². The number of fused-ring (bicyclic) bond motifs is 1. The van der Waals surface area contributed by atoms with Crippen molar-refractivity contribution in [1.82, 2.24) is 35.1 Å². The Labute approximate surface area is 166 Å². The summed E-state index contributed by atoms with van der Waals surface area (Å²) in [5, 5.41) is 15.9. The molecule has 10 nitrogen and oxygen atoms in total. The number of anilines is 1. The summed E-state index contributed by atoms with van der Waals surface area (Å²) in [7, 11) is 1.64. The van der Waals surface area contributed by atoms with E-state index in [9.17, 15) is 0 Å². The number of ether oxygens (including phenoxy) is 1. The number of hydrogen-bond donors (Lipinski definition) is 1. The van der Waals surface area contributed by atoms with Crippen LogP contribution in [0.1, 0.15) is 36.9 Å². The lowest BCUT2D eigenvalue weighted by atomic mass is 10.1. The SMILES string of the molecule is COc1ccc(-n2nnc3cnc(NC4CCC(c5noc(C)n5)C4)nc32)cc1. The number of nitrogens with one attached hydrogen (secondary N) is 1. The van der Waals surface area contributed by atoms with E-state index in [2.05, 4.69) is 35.7 Å². The number of nitrogens with zero attached hydrogens (tertiary/aromatic N) is 7. The molecule has 0 bridgehead atoms. The van der Waals surface area contributed by atoms with Gasteiger partial charge in [0, 0.05) is 18.9 Å². The molecule has 4 aromatic rings. The summed E-state index contributed by atoms with van der Waals surface area (Å²) < 4.78 is 12.0. The molecule has 1 aromatic carbocycles. The van der Waals surface area contributed by atoms with E-state index in [1.165, 1.54) is 0 Å². The fourth-order valence-corrected chi connectivity index (χ4v) is 3.71. The smallest absolute Gasteiger partial charge is 0.225 e. The predicted octanol–water partition coefficient (Wildman–Crippen LogP) is 2.66. The summed E-state index contributed by atoms with van der Waals surface area (Å²) in [6, 6.07) is 7.83. The van der Waals surface area contributed by atoms with Gasteiger partial charge in [-0.1, -0.05) is 10.4 Å². The maximum absolute atomic E-state index is 5.21. The average molecular weight is 392 g/mol. The third kappa shape index (κ3) is 3.37. The first kappa shape index (κ1) is 17.5. The van der Waals surface area contributed by atoms with Crippen LogP contribution in [0, 0.1) is 6.92 Å². The lowest BCUT2D eigenvalue weighted by Crippen LogP contribution is -2.17. The summed E-state index contributed by atoms with van der Waals surface area (Å²) in [4.78, 5) is 13.4. The minimum absolute atomic E-state index is 0.251. The number of aromatic nitrogens is 7. The highest BCUT2D eigenvalue weighted by Crippen LogP contribution is 2.34. The summed E-state index contributed by atoms with van der Waals surface area (Å²) >= 11 is 0. The molecule has 1 aliphatic rings. The van der Waals surface area contributed by atoms with Gasteiger partial charge in [-0.05, 0) is 43.5 Å². The van der Waals surface area contributed by atoms with Crippen LogP contribution >= 0.6 is 0 Å². The van der Waals surface area contributed by atoms with Gasteiger partial charge in [-0.15, -0.1) is 5.10 Å². The van der Waals surface area contributed by atoms with Crippen LogP contribution in [0.15, 0.2) is 35.0 Å². The van der Waals surface area contributed by atoms with Gasteiger partial charge in [0.25, 0.3) is 0 Å². The molecule has 5 rings (SSSR count). The first-order valence-electron chi connectivity index (χ1n) is 9.49. The third-order valence-corrected chi connectivity index (χ3v) is 5.18. The topological polar surface area (TPSA) is 117 Å². The highest BCUT2D eigenvalue weighted by atomic mass is 16.5. The molecule has 3 aromatic heterocycles. The van der Waals surface area contributed by atoms with E-state index >= 15 is 0 Å². The molecule has 1 fully saturated rings. The van der Waals surface area contributed by atoms with E-state index in [1.54, 1.807) is 18.0 Å². The molecular weight excluding hydrogens is 372 g/mol. The number of aryl methyl sites for hydroxylation is 1. The van der Waals surface area contributed by atoms with E-state index in [1.807, 2.05) is 31.2 Å². The Hall–Kier alpha value is -3.56. The molecule has 0 amide bonds. The quantitative estimate of drug-likeness (QED) is 0.547. The van der Waals surface area contributed by atoms with Gasteiger partial charge in [0.15, 0.2) is 17.0 Å². The van der Waals surface area contributed by atoms with Gasteiger partial charge in [-0.2, -0.15) is 14.6 Å². The van der Waals surface area contributed by atoms with Crippen LogP contribution in [0.2, 0.25) is 0 Å². The zero-order chi connectivity index (χ0) is 19.8. The molecule has 2 atom stereocenters. The fraction of sp³-hybridized carbons (Fsp3) is 0.368. The van der Waals surface area contributed by atoms with Gasteiger partial charge >= 0.3 is 0 Å². The second kappa shape index (κ2) is 7.12. The molecule has 3 heterocycles. The number of hydrogen-bond acceptors (Lipinski definition) is 9. The molecule has 1 N–H and O–H groups in total. The van der Waals surface area contributed by atoms with Crippen molar-refractivity contribution in [3.63, 3.8) is 0 Å². The normalized spacial score (nSPS) is 19.0. The van der Waals surface area contributed by atoms with Crippen molar-refractivity contribution in [2.24, 2.45) is 0 Å².